The molecule has 0 radical (unpaired) electrons. The molecule has 1 aliphatic heterocycles. The summed E-state index contributed by atoms with van der Waals surface area (Å²) in [5.41, 5.74) is 0. The van der Waals surface area contributed by atoms with Gasteiger partial charge in [0.1, 0.15) is 24.6 Å². The molecule has 2 heterocycles. The van der Waals surface area contributed by atoms with Gasteiger partial charge < -0.3 is 19.3 Å². The highest BCUT2D eigenvalue weighted by Gasteiger charge is 2.22. The van der Waals surface area contributed by atoms with Gasteiger partial charge in [-0.2, -0.15) is 0 Å². The number of likely N-dealkylation sites (N-methyl/N-ethyl adjacent to an activating group) is 1. The van der Waals surface area contributed by atoms with Crippen molar-refractivity contribution < 1.29 is 9.47 Å². The summed E-state index contributed by atoms with van der Waals surface area (Å²) in [6, 6.07) is 9.69. The van der Waals surface area contributed by atoms with E-state index < -0.39 is 0 Å². The van der Waals surface area contributed by atoms with E-state index in [2.05, 4.69) is 14.9 Å². The first-order valence-electron chi connectivity index (χ1n) is 7.22. The number of fused-ring (bicyclic) bond motifs is 1. The van der Waals surface area contributed by atoms with Crippen LogP contribution in [0.5, 0.6) is 11.5 Å². The molecule has 1 atom stereocenters. The van der Waals surface area contributed by atoms with Crippen LogP contribution < -0.4 is 19.3 Å². The molecule has 0 spiro atoms. The van der Waals surface area contributed by atoms with Gasteiger partial charge in [-0.3, -0.25) is 0 Å². The fraction of sp³-hybridized carbons (Fsp3) is 0.375. The van der Waals surface area contributed by atoms with E-state index in [0.717, 1.165) is 23.1 Å². The lowest BCUT2D eigenvalue weighted by atomic mass is 10.2. The molecule has 0 N–H and O–H groups in total. The molecule has 6 heteroatoms. The normalized spacial score (nSPS) is 16.2. The van der Waals surface area contributed by atoms with Gasteiger partial charge in [-0.25, -0.2) is 9.97 Å². The SMILES string of the molecule is CN(C)c1cc(N(C)CC2COc3ccccc3O2)ncn1. The average molecular weight is 300 g/mol. The molecule has 6 nitrogen and oxygen atoms in total. The smallest absolute Gasteiger partial charge is 0.161 e. The third kappa shape index (κ3) is 3.05. The summed E-state index contributed by atoms with van der Waals surface area (Å²) in [6.45, 7) is 1.23. The van der Waals surface area contributed by atoms with Gasteiger partial charge in [0.15, 0.2) is 17.6 Å². The standard InChI is InChI=1S/C16H20N4O2/c1-19(2)15-8-16(18-11-17-15)20(3)9-12-10-21-13-6-4-5-7-14(13)22-12/h4-8,11-12H,9-10H2,1-3H3. The molecule has 0 amide bonds. The average Bonchev–Trinajstić information content (AvgIpc) is 2.55. The molecule has 3 rings (SSSR count). The number of hydrogen-bond acceptors (Lipinski definition) is 6. The summed E-state index contributed by atoms with van der Waals surface area (Å²) in [4.78, 5) is 12.6. The summed E-state index contributed by atoms with van der Waals surface area (Å²) in [5.74, 6) is 3.34. The number of rotatable bonds is 4. The topological polar surface area (TPSA) is 50.7 Å². The molecule has 2 aromatic rings. The Morgan fingerprint density at radius 3 is 2.59 bits per heavy atom. The largest absolute Gasteiger partial charge is 0.486 e. The van der Waals surface area contributed by atoms with Crippen LogP contribution in [-0.2, 0) is 0 Å². The molecule has 0 aliphatic carbocycles. The molecule has 0 bridgehead atoms. The lowest BCUT2D eigenvalue weighted by Gasteiger charge is -2.30. The second kappa shape index (κ2) is 6.09. The fourth-order valence-corrected chi connectivity index (χ4v) is 2.34. The van der Waals surface area contributed by atoms with Crippen LogP contribution in [0.25, 0.3) is 0 Å². The van der Waals surface area contributed by atoms with Crippen LogP contribution in [0.15, 0.2) is 36.7 Å². The minimum Gasteiger partial charge on any atom is -0.486 e. The Hall–Kier alpha value is -2.50. The summed E-state index contributed by atoms with van der Waals surface area (Å²) in [6.07, 6.45) is 1.55. The van der Waals surface area contributed by atoms with Crippen LogP contribution in [0, 0.1) is 0 Å². The van der Waals surface area contributed by atoms with Gasteiger partial charge in [0, 0.05) is 27.2 Å². The van der Waals surface area contributed by atoms with E-state index in [1.807, 2.05) is 56.4 Å². The van der Waals surface area contributed by atoms with Crippen LogP contribution in [0.1, 0.15) is 0 Å². The minimum absolute atomic E-state index is 0.0299. The van der Waals surface area contributed by atoms with Crippen molar-refractivity contribution in [2.75, 3.05) is 44.1 Å². The van der Waals surface area contributed by atoms with Gasteiger partial charge in [-0.15, -0.1) is 0 Å². The maximum absolute atomic E-state index is 5.98. The lowest BCUT2D eigenvalue weighted by Crippen LogP contribution is -2.39. The lowest BCUT2D eigenvalue weighted by molar-refractivity contribution is 0.0959. The zero-order valence-electron chi connectivity index (χ0n) is 13.1. The third-order valence-electron chi connectivity index (χ3n) is 3.53. The predicted molar refractivity (Wildman–Crippen MR) is 86.0 cm³/mol. The first-order valence-corrected chi connectivity index (χ1v) is 7.22. The Kier molecular flexibility index (Phi) is 4.00. The van der Waals surface area contributed by atoms with Crippen molar-refractivity contribution in [2.24, 2.45) is 0 Å². The minimum atomic E-state index is -0.0299. The second-order valence-corrected chi connectivity index (χ2v) is 5.51. The highest BCUT2D eigenvalue weighted by molar-refractivity contribution is 5.49. The number of anilines is 2. The van der Waals surface area contributed by atoms with Crippen LogP contribution in [0.2, 0.25) is 0 Å². The van der Waals surface area contributed by atoms with Gasteiger partial charge in [0.2, 0.25) is 0 Å². The quantitative estimate of drug-likeness (QED) is 0.858. The zero-order valence-corrected chi connectivity index (χ0v) is 13.1. The summed E-state index contributed by atoms with van der Waals surface area (Å²) >= 11 is 0. The van der Waals surface area contributed by atoms with Crippen molar-refractivity contribution in [2.45, 2.75) is 6.10 Å². The number of aromatic nitrogens is 2. The molecule has 1 unspecified atom stereocenters. The Balaban J connectivity index is 1.68. The predicted octanol–water partition coefficient (Wildman–Crippen LogP) is 1.82. The number of hydrogen-bond donors (Lipinski definition) is 0. The molecule has 0 fully saturated rings. The summed E-state index contributed by atoms with van der Waals surface area (Å²) in [7, 11) is 5.91. The molecule has 0 saturated heterocycles. The van der Waals surface area contributed by atoms with Gasteiger partial charge in [-0.1, -0.05) is 12.1 Å². The molecular formula is C16H20N4O2. The van der Waals surface area contributed by atoms with Crippen LogP contribution in [-0.4, -0.2) is 50.4 Å². The van der Waals surface area contributed by atoms with Gasteiger partial charge >= 0.3 is 0 Å². The van der Waals surface area contributed by atoms with Crippen molar-refractivity contribution in [3.63, 3.8) is 0 Å². The van der Waals surface area contributed by atoms with E-state index >= 15 is 0 Å². The van der Waals surface area contributed by atoms with Gasteiger partial charge in [0.25, 0.3) is 0 Å². The monoisotopic (exact) mass is 300 g/mol. The molecular weight excluding hydrogens is 280 g/mol. The first-order chi connectivity index (χ1) is 10.6. The highest BCUT2D eigenvalue weighted by Crippen LogP contribution is 2.31. The molecule has 1 aromatic carbocycles. The second-order valence-electron chi connectivity index (χ2n) is 5.51. The maximum Gasteiger partial charge on any atom is 0.161 e. The van der Waals surface area contributed by atoms with Crippen molar-refractivity contribution in [3.8, 4) is 11.5 Å². The highest BCUT2D eigenvalue weighted by atomic mass is 16.6. The third-order valence-corrected chi connectivity index (χ3v) is 3.53. The Morgan fingerprint density at radius 1 is 1.09 bits per heavy atom. The molecule has 22 heavy (non-hydrogen) atoms. The van der Waals surface area contributed by atoms with Crippen LogP contribution in [0.3, 0.4) is 0 Å². The molecule has 1 aliphatic rings. The number of para-hydroxylation sites is 2. The van der Waals surface area contributed by atoms with Crippen molar-refractivity contribution in [1.82, 2.24) is 9.97 Å². The maximum atomic E-state index is 5.98. The van der Waals surface area contributed by atoms with E-state index in [4.69, 9.17) is 9.47 Å². The zero-order chi connectivity index (χ0) is 15.5. The van der Waals surface area contributed by atoms with Crippen molar-refractivity contribution >= 4 is 11.6 Å². The fourth-order valence-electron chi connectivity index (χ4n) is 2.34. The van der Waals surface area contributed by atoms with E-state index in [-0.39, 0.29) is 6.10 Å². The van der Waals surface area contributed by atoms with Gasteiger partial charge in [0.05, 0.1) is 6.54 Å². The van der Waals surface area contributed by atoms with Gasteiger partial charge in [-0.05, 0) is 12.1 Å². The number of benzene rings is 1. The van der Waals surface area contributed by atoms with E-state index in [9.17, 15) is 0 Å². The van der Waals surface area contributed by atoms with Crippen molar-refractivity contribution in [1.29, 1.82) is 0 Å². The molecule has 116 valence electrons. The Morgan fingerprint density at radius 2 is 1.82 bits per heavy atom. The van der Waals surface area contributed by atoms with Crippen molar-refractivity contribution in [3.05, 3.63) is 36.7 Å². The van der Waals surface area contributed by atoms with E-state index in [1.54, 1.807) is 6.33 Å². The van der Waals surface area contributed by atoms with E-state index in [0.29, 0.717) is 13.2 Å². The van der Waals surface area contributed by atoms with E-state index in [1.165, 1.54) is 0 Å². The summed E-state index contributed by atoms with van der Waals surface area (Å²) in [5, 5.41) is 0. The Labute approximate surface area is 130 Å². The first kappa shape index (κ1) is 14.4. The molecule has 0 saturated carbocycles. The number of nitrogens with zero attached hydrogens (tertiary/aromatic N) is 4. The Bertz CT molecular complexity index is 648. The van der Waals surface area contributed by atoms with Crippen LogP contribution >= 0.6 is 0 Å². The van der Waals surface area contributed by atoms with Crippen LogP contribution in [0.4, 0.5) is 11.6 Å². The number of ether oxygens (including phenoxy) is 2. The summed E-state index contributed by atoms with van der Waals surface area (Å²) < 4.78 is 11.7. The molecule has 1 aromatic heterocycles.